The summed E-state index contributed by atoms with van der Waals surface area (Å²) in [5.74, 6) is 0.667. The molecular weight excluding hydrogens is 238 g/mol. The Bertz CT molecular complexity index is 461. The molecule has 1 N–H and O–H groups in total. The third-order valence-electron chi connectivity index (χ3n) is 2.17. The first-order valence-corrected chi connectivity index (χ1v) is 6.11. The molecule has 6 heteroatoms. The molecule has 0 spiro atoms. The summed E-state index contributed by atoms with van der Waals surface area (Å²) >= 11 is 1.17. The standard InChI is InChI=1S/C11H13N3O2S/c1-2-3-16-9-4-8(5-12-6-9)11(15)10-7-13-14-17-10/h4-7,11,15H,2-3H2,1H3. The Labute approximate surface area is 103 Å². The predicted molar refractivity (Wildman–Crippen MR) is 64.0 cm³/mol. The Morgan fingerprint density at radius 1 is 1.41 bits per heavy atom. The molecule has 0 amide bonds. The molecule has 0 aliphatic heterocycles. The Hall–Kier alpha value is -1.53. The highest BCUT2D eigenvalue weighted by Crippen LogP contribution is 2.25. The van der Waals surface area contributed by atoms with Crippen molar-refractivity contribution in [1.82, 2.24) is 14.6 Å². The van der Waals surface area contributed by atoms with Gasteiger partial charge in [0, 0.05) is 11.8 Å². The molecule has 0 bridgehead atoms. The summed E-state index contributed by atoms with van der Waals surface area (Å²) in [6.45, 7) is 2.68. The predicted octanol–water partition coefficient (Wildman–Crippen LogP) is 1.80. The first kappa shape index (κ1) is 11.9. The van der Waals surface area contributed by atoms with E-state index in [1.165, 1.54) is 11.5 Å². The van der Waals surface area contributed by atoms with Crippen LogP contribution < -0.4 is 4.74 Å². The second-order valence-corrected chi connectivity index (χ2v) is 4.34. The number of ether oxygens (including phenoxy) is 1. The van der Waals surface area contributed by atoms with E-state index in [4.69, 9.17) is 4.74 Å². The molecule has 2 heterocycles. The van der Waals surface area contributed by atoms with Crippen molar-refractivity contribution in [2.75, 3.05) is 6.61 Å². The summed E-state index contributed by atoms with van der Waals surface area (Å²) in [7, 11) is 0. The molecule has 2 aromatic heterocycles. The first-order valence-electron chi connectivity index (χ1n) is 5.34. The zero-order valence-corrected chi connectivity index (χ0v) is 10.2. The van der Waals surface area contributed by atoms with Crippen LogP contribution in [-0.2, 0) is 0 Å². The maximum atomic E-state index is 10.1. The van der Waals surface area contributed by atoms with Crippen molar-refractivity contribution in [3.05, 3.63) is 35.1 Å². The van der Waals surface area contributed by atoms with Gasteiger partial charge in [0.1, 0.15) is 11.9 Å². The fraction of sp³-hybridized carbons (Fsp3) is 0.364. The van der Waals surface area contributed by atoms with Gasteiger partial charge in [-0.05, 0) is 24.0 Å². The van der Waals surface area contributed by atoms with Crippen LogP contribution in [0.15, 0.2) is 24.7 Å². The van der Waals surface area contributed by atoms with E-state index < -0.39 is 6.10 Å². The van der Waals surface area contributed by atoms with Gasteiger partial charge in [-0.15, -0.1) is 5.10 Å². The van der Waals surface area contributed by atoms with E-state index in [9.17, 15) is 5.11 Å². The highest BCUT2D eigenvalue weighted by atomic mass is 32.1. The van der Waals surface area contributed by atoms with E-state index in [1.807, 2.05) is 6.92 Å². The van der Waals surface area contributed by atoms with Gasteiger partial charge in [-0.25, -0.2) is 0 Å². The molecule has 0 fully saturated rings. The second kappa shape index (κ2) is 5.70. The number of hydrogen-bond donors (Lipinski definition) is 1. The average Bonchev–Trinajstić information content (AvgIpc) is 2.89. The molecule has 90 valence electrons. The van der Waals surface area contributed by atoms with Crippen molar-refractivity contribution in [3.63, 3.8) is 0 Å². The largest absolute Gasteiger partial charge is 0.492 e. The molecule has 0 aromatic carbocycles. The maximum Gasteiger partial charge on any atom is 0.137 e. The van der Waals surface area contributed by atoms with Gasteiger partial charge in [0.25, 0.3) is 0 Å². The molecule has 0 saturated carbocycles. The van der Waals surface area contributed by atoms with Crippen LogP contribution in [0.2, 0.25) is 0 Å². The minimum Gasteiger partial charge on any atom is -0.492 e. The minimum absolute atomic E-state index is 0.642. The number of pyridine rings is 1. The lowest BCUT2D eigenvalue weighted by atomic mass is 10.1. The van der Waals surface area contributed by atoms with Crippen LogP contribution in [0, 0.1) is 0 Å². The van der Waals surface area contributed by atoms with Gasteiger partial charge in [0.05, 0.1) is 23.9 Å². The lowest BCUT2D eigenvalue weighted by Crippen LogP contribution is -2.00. The number of aliphatic hydroxyl groups is 1. The fourth-order valence-corrected chi connectivity index (χ4v) is 1.86. The SMILES string of the molecule is CCCOc1cncc(C(O)c2cnns2)c1. The van der Waals surface area contributed by atoms with Crippen LogP contribution in [-0.4, -0.2) is 26.3 Å². The molecule has 0 aliphatic carbocycles. The summed E-state index contributed by atoms with van der Waals surface area (Å²) in [6.07, 6.45) is 4.99. The topological polar surface area (TPSA) is 68.1 Å². The summed E-state index contributed by atoms with van der Waals surface area (Å²) < 4.78 is 9.18. The molecule has 17 heavy (non-hydrogen) atoms. The summed E-state index contributed by atoms with van der Waals surface area (Å²) in [6, 6.07) is 1.78. The average molecular weight is 251 g/mol. The van der Waals surface area contributed by atoms with Gasteiger partial charge in [-0.2, -0.15) is 0 Å². The van der Waals surface area contributed by atoms with E-state index in [0.29, 0.717) is 22.8 Å². The number of nitrogens with zero attached hydrogens (tertiary/aromatic N) is 3. The van der Waals surface area contributed by atoms with Crippen LogP contribution in [0.4, 0.5) is 0 Å². The molecule has 0 aliphatic rings. The summed E-state index contributed by atoms with van der Waals surface area (Å²) in [5, 5.41) is 13.8. The van der Waals surface area contributed by atoms with Crippen molar-refractivity contribution >= 4 is 11.5 Å². The molecular formula is C11H13N3O2S. The third-order valence-corrected chi connectivity index (χ3v) is 2.89. The normalized spacial score (nSPS) is 12.4. The van der Waals surface area contributed by atoms with Crippen molar-refractivity contribution in [3.8, 4) is 5.75 Å². The maximum absolute atomic E-state index is 10.1. The van der Waals surface area contributed by atoms with Gasteiger partial charge in [-0.3, -0.25) is 4.98 Å². The van der Waals surface area contributed by atoms with Crippen molar-refractivity contribution in [2.24, 2.45) is 0 Å². The quantitative estimate of drug-likeness (QED) is 0.877. The Balaban J connectivity index is 2.15. The zero-order valence-electron chi connectivity index (χ0n) is 9.41. The smallest absolute Gasteiger partial charge is 0.137 e. The number of hydrogen-bond acceptors (Lipinski definition) is 6. The summed E-state index contributed by atoms with van der Waals surface area (Å²) in [5.41, 5.74) is 0.685. The van der Waals surface area contributed by atoms with Gasteiger partial charge in [0.15, 0.2) is 0 Å². The highest BCUT2D eigenvalue weighted by molar-refractivity contribution is 7.05. The molecule has 0 radical (unpaired) electrons. The molecule has 2 rings (SSSR count). The molecule has 1 atom stereocenters. The summed E-state index contributed by atoms with van der Waals surface area (Å²) in [4.78, 5) is 4.74. The zero-order chi connectivity index (χ0) is 12.1. The van der Waals surface area contributed by atoms with Gasteiger partial charge in [-0.1, -0.05) is 11.4 Å². The molecule has 0 saturated heterocycles. The third kappa shape index (κ3) is 2.98. The second-order valence-electron chi connectivity index (χ2n) is 3.52. The van der Waals surface area contributed by atoms with Crippen molar-refractivity contribution < 1.29 is 9.84 Å². The van der Waals surface area contributed by atoms with Crippen LogP contribution >= 0.6 is 11.5 Å². The van der Waals surface area contributed by atoms with Crippen LogP contribution in [0.5, 0.6) is 5.75 Å². The number of aliphatic hydroxyl groups excluding tert-OH is 1. The molecule has 1 unspecified atom stereocenters. The Morgan fingerprint density at radius 3 is 3.00 bits per heavy atom. The van der Waals surface area contributed by atoms with E-state index in [0.717, 1.165) is 6.42 Å². The fourth-order valence-electron chi connectivity index (χ4n) is 1.34. The molecule has 2 aromatic rings. The van der Waals surface area contributed by atoms with Gasteiger partial charge < -0.3 is 9.84 Å². The first-order chi connectivity index (χ1) is 8.31. The Morgan fingerprint density at radius 2 is 2.29 bits per heavy atom. The highest BCUT2D eigenvalue weighted by Gasteiger charge is 2.14. The van der Waals surface area contributed by atoms with Crippen molar-refractivity contribution in [1.29, 1.82) is 0 Å². The van der Waals surface area contributed by atoms with Crippen LogP contribution in [0.1, 0.15) is 29.9 Å². The Kier molecular flexibility index (Phi) is 4.00. The molecule has 5 nitrogen and oxygen atoms in total. The van der Waals surface area contributed by atoms with E-state index in [2.05, 4.69) is 14.6 Å². The van der Waals surface area contributed by atoms with Crippen LogP contribution in [0.3, 0.4) is 0 Å². The monoisotopic (exact) mass is 251 g/mol. The minimum atomic E-state index is -0.743. The van der Waals surface area contributed by atoms with E-state index in [1.54, 1.807) is 24.7 Å². The van der Waals surface area contributed by atoms with Gasteiger partial charge in [0.2, 0.25) is 0 Å². The van der Waals surface area contributed by atoms with Gasteiger partial charge >= 0.3 is 0 Å². The van der Waals surface area contributed by atoms with Crippen LogP contribution in [0.25, 0.3) is 0 Å². The number of aromatic nitrogens is 3. The lowest BCUT2D eigenvalue weighted by Gasteiger charge is -2.09. The van der Waals surface area contributed by atoms with Crippen molar-refractivity contribution in [2.45, 2.75) is 19.4 Å². The lowest BCUT2D eigenvalue weighted by molar-refractivity contribution is 0.222. The van der Waals surface area contributed by atoms with E-state index in [-0.39, 0.29) is 0 Å². The van der Waals surface area contributed by atoms with E-state index >= 15 is 0 Å². The number of rotatable bonds is 5.